The highest BCUT2D eigenvalue weighted by molar-refractivity contribution is 6.04. The molecule has 11 nitrogen and oxygen atoms in total. The van der Waals surface area contributed by atoms with E-state index in [9.17, 15) is 14.4 Å². The summed E-state index contributed by atoms with van der Waals surface area (Å²) in [6.07, 6.45) is 0.956. The van der Waals surface area contributed by atoms with Crippen molar-refractivity contribution in [3.63, 3.8) is 0 Å². The molecule has 50 heavy (non-hydrogen) atoms. The molecule has 11 heteroatoms. The molecule has 0 saturated carbocycles. The molecule has 0 spiro atoms. The average molecular weight is 678 g/mol. The highest BCUT2D eigenvalue weighted by atomic mass is 16.6. The van der Waals surface area contributed by atoms with Crippen LogP contribution < -0.4 is 24.8 Å². The molecule has 0 aliphatic carbocycles. The smallest absolute Gasteiger partial charge is 0.408 e. The van der Waals surface area contributed by atoms with Crippen molar-refractivity contribution < 1.29 is 38.1 Å². The van der Waals surface area contributed by atoms with Gasteiger partial charge in [-0.3, -0.25) is 9.78 Å². The van der Waals surface area contributed by atoms with Crippen LogP contribution in [0.1, 0.15) is 43.1 Å². The van der Waals surface area contributed by atoms with Gasteiger partial charge in [-0.1, -0.05) is 48.5 Å². The first-order chi connectivity index (χ1) is 24.1. The molecule has 1 unspecified atom stereocenters. The minimum Gasteiger partial charge on any atom is -0.493 e. The topological polar surface area (TPSA) is 134 Å². The Bertz CT molecular complexity index is 1910. The number of methoxy groups -OCH3 is 1. The molecule has 1 aromatic heterocycles. The minimum absolute atomic E-state index is 0.0358. The molecule has 1 heterocycles. The number of carbonyl (C=O) groups is 3. The molecule has 0 fully saturated rings. The van der Waals surface area contributed by atoms with Gasteiger partial charge in [-0.2, -0.15) is 0 Å². The number of rotatable bonds is 13. The molecule has 0 saturated heterocycles. The van der Waals surface area contributed by atoms with Gasteiger partial charge in [0.05, 0.1) is 19.2 Å². The van der Waals surface area contributed by atoms with Crippen LogP contribution >= 0.6 is 0 Å². The largest absolute Gasteiger partial charge is 0.493 e. The summed E-state index contributed by atoms with van der Waals surface area (Å²) in [5, 5.41) is 6.16. The number of esters is 1. The molecule has 1 atom stereocenters. The van der Waals surface area contributed by atoms with Crippen molar-refractivity contribution in [2.45, 2.75) is 45.4 Å². The average Bonchev–Trinajstić information content (AvgIpc) is 3.11. The van der Waals surface area contributed by atoms with Gasteiger partial charge in [-0.25, -0.2) is 9.59 Å². The van der Waals surface area contributed by atoms with Crippen molar-refractivity contribution in [3.8, 4) is 23.0 Å². The fraction of sp³-hybridized carbons (Fsp3) is 0.231. The second-order valence-electron chi connectivity index (χ2n) is 12.2. The van der Waals surface area contributed by atoms with E-state index in [1.807, 2.05) is 48.5 Å². The van der Waals surface area contributed by atoms with Crippen LogP contribution in [0, 0.1) is 0 Å². The van der Waals surface area contributed by atoms with Crippen LogP contribution in [-0.4, -0.2) is 48.3 Å². The number of carbonyl (C=O) groups excluding carboxylic acids is 3. The number of fused-ring (bicyclic) bond motifs is 1. The molecule has 2 N–H and O–H groups in total. The zero-order valence-corrected chi connectivity index (χ0v) is 28.3. The number of aromatic nitrogens is 1. The SMILES string of the molecule is COc1cc2c(Oc3ccc(NC(=O)c4ccccc4)cc3)ccnc2cc1OCCC(NC(=O)OCc1ccccc1)C(=O)OC(C)(C)C. The minimum atomic E-state index is -1.03. The number of nitrogens with one attached hydrogen (secondary N) is 2. The fourth-order valence-corrected chi connectivity index (χ4v) is 4.83. The third kappa shape index (κ3) is 9.96. The quantitative estimate of drug-likeness (QED) is 0.120. The van der Waals surface area contributed by atoms with E-state index in [2.05, 4.69) is 15.6 Å². The molecule has 0 aliphatic rings. The first kappa shape index (κ1) is 35.2. The summed E-state index contributed by atoms with van der Waals surface area (Å²) in [4.78, 5) is 42.6. The number of hydrogen-bond donors (Lipinski definition) is 2. The molecule has 0 bridgehead atoms. The maximum Gasteiger partial charge on any atom is 0.408 e. The second-order valence-corrected chi connectivity index (χ2v) is 12.2. The van der Waals surface area contributed by atoms with Gasteiger partial charge < -0.3 is 34.3 Å². The Morgan fingerprint density at radius 1 is 0.820 bits per heavy atom. The third-order valence-electron chi connectivity index (χ3n) is 7.22. The highest BCUT2D eigenvalue weighted by Gasteiger charge is 2.27. The van der Waals surface area contributed by atoms with E-state index >= 15 is 0 Å². The van der Waals surface area contributed by atoms with E-state index in [-0.39, 0.29) is 25.5 Å². The van der Waals surface area contributed by atoms with Crippen molar-refractivity contribution in [1.82, 2.24) is 10.3 Å². The summed E-state index contributed by atoms with van der Waals surface area (Å²) < 4.78 is 28.7. The lowest BCUT2D eigenvalue weighted by Crippen LogP contribution is -2.45. The zero-order valence-electron chi connectivity index (χ0n) is 28.3. The first-order valence-electron chi connectivity index (χ1n) is 16.0. The Kier molecular flexibility index (Phi) is 11.5. The Hall–Kier alpha value is -6.10. The molecule has 5 aromatic rings. The summed E-state index contributed by atoms with van der Waals surface area (Å²) in [6, 6.07) is 29.4. The lowest BCUT2D eigenvalue weighted by atomic mass is 10.1. The standard InChI is InChI=1S/C39H39N3O8/c1-39(2,3)50-37(44)31(42-38(45)48-25-26-11-7-5-8-12-26)20-22-47-35-24-32-30(23-34(35)46-4)33(19-21-40-32)49-29-17-15-28(16-18-29)41-36(43)27-13-9-6-10-14-27/h5-19,21,23-24,31H,20,22,25H2,1-4H3,(H,41,43)(H,42,45). The van der Waals surface area contributed by atoms with Crippen LogP contribution in [-0.2, 0) is 20.9 Å². The van der Waals surface area contributed by atoms with Gasteiger partial charge in [-0.05, 0) is 74.9 Å². The Balaban J connectivity index is 1.24. The summed E-state index contributed by atoms with van der Waals surface area (Å²) in [5.41, 5.74) is 1.82. The van der Waals surface area contributed by atoms with E-state index in [0.717, 1.165) is 5.56 Å². The van der Waals surface area contributed by atoms with Gasteiger partial charge >= 0.3 is 12.1 Å². The number of alkyl carbamates (subject to hydrolysis) is 1. The number of benzene rings is 4. The van der Waals surface area contributed by atoms with Gasteiger partial charge in [0.15, 0.2) is 11.5 Å². The number of ether oxygens (including phenoxy) is 5. The third-order valence-corrected chi connectivity index (χ3v) is 7.22. The van der Waals surface area contributed by atoms with Crippen LogP contribution in [0.15, 0.2) is 109 Å². The van der Waals surface area contributed by atoms with Crippen molar-refractivity contribution in [2.75, 3.05) is 19.0 Å². The van der Waals surface area contributed by atoms with Gasteiger partial charge in [0.1, 0.15) is 29.7 Å². The van der Waals surface area contributed by atoms with Crippen LogP contribution in [0.25, 0.3) is 10.9 Å². The fourth-order valence-electron chi connectivity index (χ4n) is 4.83. The Morgan fingerprint density at radius 3 is 2.20 bits per heavy atom. The highest BCUT2D eigenvalue weighted by Crippen LogP contribution is 2.37. The number of anilines is 1. The van der Waals surface area contributed by atoms with Crippen molar-refractivity contribution in [2.24, 2.45) is 0 Å². The molecule has 0 aliphatic heterocycles. The zero-order chi connectivity index (χ0) is 35.5. The van der Waals surface area contributed by atoms with Gasteiger partial charge in [0, 0.05) is 35.3 Å². The first-order valence-corrected chi connectivity index (χ1v) is 16.0. The molecule has 4 aromatic carbocycles. The van der Waals surface area contributed by atoms with E-state index in [4.69, 9.17) is 23.7 Å². The summed E-state index contributed by atoms with van der Waals surface area (Å²) in [6.45, 7) is 5.33. The van der Waals surface area contributed by atoms with Crippen molar-refractivity contribution >= 4 is 34.6 Å². The number of nitrogens with zero attached hydrogens (tertiary/aromatic N) is 1. The lowest BCUT2D eigenvalue weighted by Gasteiger charge is -2.24. The second kappa shape index (κ2) is 16.3. The van der Waals surface area contributed by atoms with Gasteiger partial charge in [-0.15, -0.1) is 0 Å². The Morgan fingerprint density at radius 2 is 1.52 bits per heavy atom. The van der Waals surface area contributed by atoms with Gasteiger partial charge in [0.25, 0.3) is 5.91 Å². The maximum absolute atomic E-state index is 13.0. The molecule has 2 amide bonds. The van der Waals surface area contributed by atoms with Crippen LogP contribution in [0.4, 0.5) is 10.5 Å². The predicted octanol–water partition coefficient (Wildman–Crippen LogP) is 7.69. The summed E-state index contributed by atoms with van der Waals surface area (Å²) in [5.74, 6) is 1.07. The predicted molar refractivity (Wildman–Crippen MR) is 189 cm³/mol. The Labute approximate surface area is 290 Å². The van der Waals surface area contributed by atoms with Crippen LogP contribution in [0.5, 0.6) is 23.0 Å². The van der Waals surface area contributed by atoms with E-state index in [1.54, 1.807) is 81.6 Å². The molecule has 0 radical (unpaired) electrons. The molecule has 258 valence electrons. The van der Waals surface area contributed by atoms with E-state index in [1.165, 1.54) is 7.11 Å². The van der Waals surface area contributed by atoms with E-state index in [0.29, 0.717) is 45.2 Å². The van der Waals surface area contributed by atoms with E-state index < -0.39 is 23.7 Å². The summed E-state index contributed by atoms with van der Waals surface area (Å²) in [7, 11) is 1.52. The van der Waals surface area contributed by atoms with Crippen LogP contribution in [0.3, 0.4) is 0 Å². The number of pyridine rings is 1. The molecular formula is C39H39N3O8. The number of amides is 2. The lowest BCUT2D eigenvalue weighted by molar-refractivity contribution is -0.157. The summed E-state index contributed by atoms with van der Waals surface area (Å²) >= 11 is 0. The monoisotopic (exact) mass is 677 g/mol. The maximum atomic E-state index is 13.0. The van der Waals surface area contributed by atoms with Crippen LogP contribution in [0.2, 0.25) is 0 Å². The van der Waals surface area contributed by atoms with Crippen molar-refractivity contribution in [3.05, 3.63) is 120 Å². The van der Waals surface area contributed by atoms with Gasteiger partial charge in [0.2, 0.25) is 0 Å². The molecular weight excluding hydrogens is 638 g/mol. The normalized spacial score (nSPS) is 11.6. The van der Waals surface area contributed by atoms with Crippen molar-refractivity contribution in [1.29, 1.82) is 0 Å². The number of hydrogen-bond acceptors (Lipinski definition) is 9. The molecule has 5 rings (SSSR count).